The van der Waals surface area contributed by atoms with Crippen LogP contribution in [0, 0.1) is 0 Å². The first-order valence-corrected chi connectivity index (χ1v) is 6.05. The number of nitrogens with zero attached hydrogens (tertiary/aromatic N) is 2. The number of aromatic nitrogens is 1. The third kappa shape index (κ3) is 3.09. The molecule has 94 valence electrons. The predicted octanol–water partition coefficient (Wildman–Crippen LogP) is 3.06. The minimum atomic E-state index is -0.981. The molecule has 1 aromatic heterocycles. The lowest BCUT2D eigenvalue weighted by molar-refractivity contribution is 0.0697. The van der Waals surface area contributed by atoms with Gasteiger partial charge in [-0.15, -0.1) is 0 Å². The molecule has 5 heteroatoms. The number of hydrogen-bond acceptors (Lipinski definition) is 3. The largest absolute Gasteiger partial charge is 0.478 e. The van der Waals surface area contributed by atoms with Crippen LogP contribution in [0.2, 0.25) is 5.15 Å². The summed E-state index contributed by atoms with van der Waals surface area (Å²) in [5.41, 5.74) is 0.191. The van der Waals surface area contributed by atoms with E-state index in [0.717, 1.165) is 6.42 Å². The van der Waals surface area contributed by atoms with E-state index in [1.54, 1.807) is 0 Å². The molecule has 0 aromatic carbocycles. The second kappa shape index (κ2) is 5.87. The van der Waals surface area contributed by atoms with Crippen molar-refractivity contribution in [1.29, 1.82) is 0 Å². The van der Waals surface area contributed by atoms with E-state index in [1.165, 1.54) is 12.1 Å². The van der Waals surface area contributed by atoms with E-state index in [1.807, 2.05) is 18.7 Å². The maximum absolute atomic E-state index is 11.2. The van der Waals surface area contributed by atoms with Gasteiger partial charge in [0, 0.05) is 12.6 Å². The van der Waals surface area contributed by atoms with Crippen LogP contribution in [-0.4, -0.2) is 28.6 Å². The molecule has 0 aliphatic rings. The highest BCUT2D eigenvalue weighted by molar-refractivity contribution is 6.29. The van der Waals surface area contributed by atoms with Crippen LogP contribution in [0.5, 0.6) is 0 Å². The molecule has 0 fully saturated rings. The van der Waals surface area contributed by atoms with Gasteiger partial charge in [0.25, 0.3) is 0 Å². The summed E-state index contributed by atoms with van der Waals surface area (Å²) in [7, 11) is 0. The zero-order chi connectivity index (χ0) is 13.0. The number of halogens is 1. The maximum atomic E-state index is 11.2. The molecule has 17 heavy (non-hydrogen) atoms. The molecular weight excluding hydrogens is 240 g/mol. The Bertz CT molecular complexity index is 409. The number of carboxylic acid groups (broad SMARTS) is 1. The van der Waals surface area contributed by atoms with Gasteiger partial charge >= 0.3 is 5.97 Å². The molecule has 0 aliphatic carbocycles. The maximum Gasteiger partial charge on any atom is 0.339 e. The first kappa shape index (κ1) is 13.8. The highest BCUT2D eigenvalue weighted by atomic mass is 35.5. The molecule has 4 nitrogen and oxygen atoms in total. The number of carboxylic acids is 1. The fraction of sp³-hybridized carbons (Fsp3) is 0.500. The summed E-state index contributed by atoms with van der Waals surface area (Å²) in [6.07, 6.45) is 0.918. The minimum Gasteiger partial charge on any atom is -0.478 e. The van der Waals surface area contributed by atoms with Crippen molar-refractivity contribution >= 4 is 23.4 Å². The van der Waals surface area contributed by atoms with Gasteiger partial charge in [0.05, 0.1) is 0 Å². The van der Waals surface area contributed by atoms with E-state index >= 15 is 0 Å². The van der Waals surface area contributed by atoms with E-state index in [9.17, 15) is 4.79 Å². The van der Waals surface area contributed by atoms with Gasteiger partial charge in [-0.2, -0.15) is 0 Å². The number of aromatic carboxylic acids is 1. The number of pyridine rings is 1. The van der Waals surface area contributed by atoms with Gasteiger partial charge in [-0.25, -0.2) is 9.78 Å². The van der Waals surface area contributed by atoms with Crippen LogP contribution in [0.4, 0.5) is 5.82 Å². The quantitative estimate of drug-likeness (QED) is 0.823. The molecular formula is C12H17ClN2O2. The highest BCUT2D eigenvalue weighted by Crippen LogP contribution is 2.23. The molecule has 0 aliphatic heterocycles. The first-order chi connectivity index (χ1) is 8.01. The molecule has 1 rings (SSSR count). The van der Waals surface area contributed by atoms with E-state index in [2.05, 4.69) is 11.9 Å². The molecule has 1 aromatic rings. The van der Waals surface area contributed by atoms with Crippen molar-refractivity contribution in [3.63, 3.8) is 0 Å². The van der Waals surface area contributed by atoms with Crippen LogP contribution in [-0.2, 0) is 0 Å². The number of rotatable bonds is 5. The van der Waals surface area contributed by atoms with Gasteiger partial charge in [0.2, 0.25) is 0 Å². The Hall–Kier alpha value is -1.29. The lowest BCUT2D eigenvalue weighted by atomic mass is 10.1. The Labute approximate surface area is 106 Å². The van der Waals surface area contributed by atoms with Crippen molar-refractivity contribution in [2.75, 3.05) is 11.4 Å². The number of hydrogen-bond donors (Lipinski definition) is 1. The van der Waals surface area contributed by atoms with Crippen LogP contribution < -0.4 is 4.90 Å². The van der Waals surface area contributed by atoms with Crippen LogP contribution >= 0.6 is 11.6 Å². The highest BCUT2D eigenvalue weighted by Gasteiger charge is 2.20. The fourth-order valence-electron chi connectivity index (χ4n) is 1.70. The van der Waals surface area contributed by atoms with Gasteiger partial charge in [-0.1, -0.05) is 18.5 Å². The fourth-order valence-corrected chi connectivity index (χ4v) is 1.84. The third-order valence-corrected chi connectivity index (χ3v) is 3.02. The van der Waals surface area contributed by atoms with Gasteiger partial charge in [-0.05, 0) is 32.4 Å². The summed E-state index contributed by atoms with van der Waals surface area (Å²) in [5.74, 6) is -0.534. The zero-order valence-electron chi connectivity index (χ0n) is 10.3. The van der Waals surface area contributed by atoms with Crippen molar-refractivity contribution in [2.24, 2.45) is 0 Å². The predicted molar refractivity (Wildman–Crippen MR) is 69.0 cm³/mol. The third-order valence-electron chi connectivity index (χ3n) is 2.81. The summed E-state index contributed by atoms with van der Waals surface area (Å²) in [6.45, 7) is 6.76. The molecule has 1 N–H and O–H groups in total. The average molecular weight is 257 g/mol. The first-order valence-electron chi connectivity index (χ1n) is 5.67. The molecule has 1 unspecified atom stereocenters. The van der Waals surface area contributed by atoms with Gasteiger partial charge in [0.15, 0.2) is 0 Å². The smallest absolute Gasteiger partial charge is 0.339 e. The normalized spacial score (nSPS) is 12.2. The van der Waals surface area contributed by atoms with Gasteiger partial charge in [0.1, 0.15) is 16.5 Å². The second-order valence-corrected chi connectivity index (χ2v) is 4.24. The van der Waals surface area contributed by atoms with Crippen LogP contribution in [0.3, 0.4) is 0 Å². The lowest BCUT2D eigenvalue weighted by Crippen LogP contribution is -2.34. The van der Waals surface area contributed by atoms with E-state index in [-0.39, 0.29) is 11.6 Å². The van der Waals surface area contributed by atoms with Crippen LogP contribution in [0.1, 0.15) is 37.6 Å². The Balaban J connectivity index is 3.25. The summed E-state index contributed by atoms with van der Waals surface area (Å²) in [5, 5.41) is 9.46. The van der Waals surface area contributed by atoms with Crippen LogP contribution in [0.25, 0.3) is 0 Å². The minimum absolute atomic E-state index is 0.191. The average Bonchev–Trinajstić information content (AvgIpc) is 2.29. The summed E-state index contributed by atoms with van der Waals surface area (Å²) >= 11 is 5.84. The summed E-state index contributed by atoms with van der Waals surface area (Å²) in [6, 6.07) is 3.22. The second-order valence-electron chi connectivity index (χ2n) is 3.85. The van der Waals surface area contributed by atoms with Crippen molar-refractivity contribution < 1.29 is 9.90 Å². The van der Waals surface area contributed by atoms with Gasteiger partial charge < -0.3 is 10.0 Å². The Kier molecular flexibility index (Phi) is 4.75. The number of anilines is 1. The van der Waals surface area contributed by atoms with E-state index in [0.29, 0.717) is 17.5 Å². The SMILES string of the molecule is CCC(C)N(CC)c1nc(Cl)ccc1C(=O)O. The molecule has 0 radical (unpaired) electrons. The standard InChI is InChI=1S/C12H17ClN2O2/c1-4-8(3)15(5-2)11-9(12(16)17)6-7-10(13)14-11/h6-8H,4-5H2,1-3H3,(H,16,17). The molecule has 1 atom stereocenters. The van der Waals surface area contributed by atoms with E-state index in [4.69, 9.17) is 16.7 Å². The summed E-state index contributed by atoms with van der Waals surface area (Å²) < 4.78 is 0. The monoisotopic (exact) mass is 256 g/mol. The molecule has 0 saturated carbocycles. The molecule has 0 spiro atoms. The molecule has 0 amide bonds. The van der Waals surface area contributed by atoms with E-state index < -0.39 is 5.97 Å². The van der Waals surface area contributed by atoms with Gasteiger partial charge in [-0.3, -0.25) is 0 Å². The molecule has 0 saturated heterocycles. The summed E-state index contributed by atoms with van der Waals surface area (Å²) in [4.78, 5) is 17.3. The molecule has 1 heterocycles. The lowest BCUT2D eigenvalue weighted by Gasteiger charge is -2.29. The van der Waals surface area contributed by atoms with Crippen molar-refractivity contribution in [3.05, 3.63) is 22.8 Å². The van der Waals surface area contributed by atoms with Crippen molar-refractivity contribution in [3.8, 4) is 0 Å². The zero-order valence-corrected chi connectivity index (χ0v) is 11.0. The molecule has 0 bridgehead atoms. The van der Waals surface area contributed by atoms with Crippen molar-refractivity contribution in [1.82, 2.24) is 4.98 Å². The Morgan fingerprint density at radius 3 is 2.65 bits per heavy atom. The Morgan fingerprint density at radius 2 is 2.18 bits per heavy atom. The topological polar surface area (TPSA) is 53.4 Å². The van der Waals surface area contributed by atoms with Crippen molar-refractivity contribution in [2.45, 2.75) is 33.2 Å². The van der Waals surface area contributed by atoms with Crippen LogP contribution in [0.15, 0.2) is 12.1 Å². The Morgan fingerprint density at radius 1 is 1.53 bits per heavy atom. The number of carbonyl (C=O) groups is 1.